The van der Waals surface area contributed by atoms with E-state index >= 15 is 0 Å². The van der Waals surface area contributed by atoms with Crippen LogP contribution in [0.4, 0.5) is 4.39 Å². The molecule has 1 heterocycles. The summed E-state index contributed by atoms with van der Waals surface area (Å²) in [6, 6.07) is 10.9. The van der Waals surface area contributed by atoms with E-state index in [0.717, 1.165) is 22.3 Å². The summed E-state index contributed by atoms with van der Waals surface area (Å²) < 4.78 is 16.3. The molecule has 1 N–H and O–H groups in total. The zero-order valence-corrected chi connectivity index (χ0v) is 12.5. The van der Waals surface area contributed by atoms with E-state index in [1.807, 2.05) is 29.7 Å². The number of hydrogen-bond donors (Lipinski definition) is 1. The minimum absolute atomic E-state index is 0.285. The molecule has 0 aliphatic carbocycles. The highest BCUT2D eigenvalue weighted by atomic mass is 79.9. The first-order chi connectivity index (χ1) is 9.08. The molecule has 0 saturated carbocycles. The molecule has 1 aromatic heterocycles. The average Bonchev–Trinajstić information content (AvgIpc) is 2.70. The number of fused-ring (bicyclic) bond motifs is 1. The second kappa shape index (κ2) is 4.58. The van der Waals surface area contributed by atoms with Crippen molar-refractivity contribution in [3.63, 3.8) is 0 Å². The lowest BCUT2D eigenvalue weighted by atomic mass is 10.2. The molecule has 96 valence electrons. The first-order valence-electron chi connectivity index (χ1n) is 5.73. The van der Waals surface area contributed by atoms with Crippen LogP contribution in [0.2, 0.25) is 0 Å². The predicted octanol–water partition coefficient (Wildman–Crippen LogP) is 4.90. The van der Waals surface area contributed by atoms with Crippen molar-refractivity contribution in [2.24, 2.45) is 0 Å². The number of halogens is 2. The Morgan fingerprint density at radius 3 is 2.79 bits per heavy atom. The maximum Gasteiger partial charge on any atom is 0.182 e. The Morgan fingerprint density at radius 1 is 1.26 bits per heavy atom. The minimum atomic E-state index is -0.285. The zero-order chi connectivity index (χ0) is 13.6. The van der Waals surface area contributed by atoms with Gasteiger partial charge in [-0.05, 0) is 64.9 Å². The molecular weight excluding hydrogens is 327 g/mol. The van der Waals surface area contributed by atoms with E-state index < -0.39 is 0 Å². The third-order valence-corrected chi connectivity index (χ3v) is 3.96. The number of imidazole rings is 1. The molecule has 0 unspecified atom stereocenters. The summed E-state index contributed by atoms with van der Waals surface area (Å²) >= 11 is 8.58. The minimum Gasteiger partial charge on any atom is -0.330 e. The van der Waals surface area contributed by atoms with Crippen LogP contribution in [0.1, 0.15) is 5.56 Å². The largest absolute Gasteiger partial charge is 0.330 e. The van der Waals surface area contributed by atoms with Crippen molar-refractivity contribution < 1.29 is 4.39 Å². The summed E-state index contributed by atoms with van der Waals surface area (Å²) in [5, 5.41) is 0. The van der Waals surface area contributed by atoms with Crippen molar-refractivity contribution in [1.29, 1.82) is 0 Å². The Balaban J connectivity index is 2.39. The molecule has 0 fully saturated rings. The first kappa shape index (κ1) is 12.6. The molecule has 5 heteroatoms. The van der Waals surface area contributed by atoms with Crippen LogP contribution in [0.15, 0.2) is 40.9 Å². The molecule has 0 spiro atoms. The second-order valence-corrected chi connectivity index (χ2v) is 5.58. The van der Waals surface area contributed by atoms with E-state index in [-0.39, 0.29) is 5.82 Å². The SMILES string of the molecule is Cc1cccc2[nH]c(=S)n(-c3ccc(F)c(Br)c3)c12. The van der Waals surface area contributed by atoms with Crippen LogP contribution in [-0.4, -0.2) is 9.55 Å². The van der Waals surface area contributed by atoms with Crippen molar-refractivity contribution in [3.8, 4) is 5.69 Å². The van der Waals surface area contributed by atoms with E-state index in [1.54, 1.807) is 12.1 Å². The van der Waals surface area contributed by atoms with Crippen LogP contribution in [0.25, 0.3) is 16.7 Å². The van der Waals surface area contributed by atoms with Crippen molar-refractivity contribution in [3.05, 3.63) is 57.0 Å². The summed E-state index contributed by atoms with van der Waals surface area (Å²) in [6.07, 6.45) is 0. The predicted molar refractivity (Wildman–Crippen MR) is 80.9 cm³/mol. The molecule has 19 heavy (non-hydrogen) atoms. The standard InChI is InChI=1S/C14H10BrFN2S/c1-8-3-2-4-12-13(8)18(14(19)17-12)9-5-6-11(16)10(15)7-9/h2-7H,1H3,(H,17,19). The lowest BCUT2D eigenvalue weighted by molar-refractivity contribution is 0.620. The molecule has 0 aliphatic heterocycles. The molecule has 0 bridgehead atoms. The monoisotopic (exact) mass is 336 g/mol. The van der Waals surface area contributed by atoms with Crippen LogP contribution in [0.5, 0.6) is 0 Å². The summed E-state index contributed by atoms with van der Waals surface area (Å²) in [5.41, 5.74) is 3.94. The molecule has 0 atom stereocenters. The van der Waals surface area contributed by atoms with E-state index in [1.165, 1.54) is 6.07 Å². The lowest BCUT2D eigenvalue weighted by Gasteiger charge is -2.07. The van der Waals surface area contributed by atoms with Gasteiger partial charge in [0.15, 0.2) is 4.77 Å². The van der Waals surface area contributed by atoms with Gasteiger partial charge in [-0.1, -0.05) is 12.1 Å². The third-order valence-electron chi connectivity index (χ3n) is 3.07. The number of para-hydroxylation sites is 1. The van der Waals surface area contributed by atoms with Gasteiger partial charge >= 0.3 is 0 Å². The molecule has 3 rings (SSSR count). The summed E-state index contributed by atoms with van der Waals surface area (Å²) in [7, 11) is 0. The van der Waals surface area contributed by atoms with Gasteiger partial charge in [0.1, 0.15) is 5.82 Å². The summed E-state index contributed by atoms with van der Waals surface area (Å²) in [4.78, 5) is 3.17. The number of H-pyrrole nitrogens is 1. The van der Waals surface area contributed by atoms with E-state index in [2.05, 4.69) is 20.9 Å². The highest BCUT2D eigenvalue weighted by molar-refractivity contribution is 9.10. The fourth-order valence-electron chi connectivity index (χ4n) is 2.20. The van der Waals surface area contributed by atoms with Gasteiger partial charge in [-0.3, -0.25) is 4.57 Å². The first-order valence-corrected chi connectivity index (χ1v) is 6.94. The Morgan fingerprint density at radius 2 is 2.05 bits per heavy atom. The molecule has 0 radical (unpaired) electrons. The molecule has 0 saturated heterocycles. The normalized spacial score (nSPS) is 11.1. The topological polar surface area (TPSA) is 20.7 Å². The molecule has 2 nitrogen and oxygen atoms in total. The molecule has 2 aromatic carbocycles. The number of benzene rings is 2. The van der Waals surface area contributed by atoms with E-state index in [9.17, 15) is 4.39 Å². The van der Waals surface area contributed by atoms with Crippen molar-refractivity contribution in [2.45, 2.75) is 6.92 Å². The van der Waals surface area contributed by atoms with E-state index in [0.29, 0.717) is 9.24 Å². The van der Waals surface area contributed by atoms with Gasteiger partial charge in [-0.2, -0.15) is 0 Å². The zero-order valence-electron chi connectivity index (χ0n) is 10.1. The maximum absolute atomic E-state index is 13.3. The number of nitrogens with one attached hydrogen (secondary N) is 1. The Bertz CT molecular complexity index is 835. The van der Waals surface area contributed by atoms with Crippen LogP contribution >= 0.6 is 28.1 Å². The van der Waals surface area contributed by atoms with Crippen molar-refractivity contribution in [2.75, 3.05) is 0 Å². The fourth-order valence-corrected chi connectivity index (χ4v) is 2.87. The average molecular weight is 337 g/mol. The van der Waals surface area contributed by atoms with Crippen LogP contribution in [0, 0.1) is 17.5 Å². The number of hydrogen-bond acceptors (Lipinski definition) is 1. The van der Waals surface area contributed by atoms with Crippen LogP contribution in [0.3, 0.4) is 0 Å². The third kappa shape index (κ3) is 2.03. The maximum atomic E-state index is 13.3. The van der Waals surface area contributed by atoms with Gasteiger partial charge in [0.2, 0.25) is 0 Å². The summed E-state index contributed by atoms with van der Waals surface area (Å²) in [5.74, 6) is -0.285. The molecule has 3 aromatic rings. The number of nitrogens with zero attached hydrogens (tertiary/aromatic N) is 1. The Hall–Kier alpha value is -1.46. The van der Waals surface area contributed by atoms with Gasteiger partial charge in [0.05, 0.1) is 15.5 Å². The van der Waals surface area contributed by atoms with E-state index in [4.69, 9.17) is 12.2 Å². The van der Waals surface area contributed by atoms with Gasteiger partial charge in [0.25, 0.3) is 0 Å². The molecule has 0 aliphatic rings. The lowest BCUT2D eigenvalue weighted by Crippen LogP contribution is -1.96. The smallest absolute Gasteiger partial charge is 0.182 e. The summed E-state index contributed by atoms with van der Waals surface area (Å²) in [6.45, 7) is 2.03. The second-order valence-electron chi connectivity index (χ2n) is 4.34. The van der Waals surface area contributed by atoms with Crippen molar-refractivity contribution >= 4 is 39.2 Å². The Kier molecular flexibility index (Phi) is 3.03. The van der Waals surface area contributed by atoms with Crippen LogP contribution in [-0.2, 0) is 0 Å². The number of aryl methyl sites for hydroxylation is 1. The highest BCUT2D eigenvalue weighted by Gasteiger charge is 2.10. The van der Waals surface area contributed by atoms with Gasteiger partial charge in [0, 0.05) is 5.69 Å². The number of aromatic nitrogens is 2. The Labute approximate surface area is 123 Å². The fraction of sp³-hybridized carbons (Fsp3) is 0.0714. The van der Waals surface area contributed by atoms with Crippen LogP contribution < -0.4 is 0 Å². The molecule has 0 amide bonds. The van der Waals surface area contributed by atoms with Crippen molar-refractivity contribution in [1.82, 2.24) is 9.55 Å². The quantitative estimate of drug-likeness (QED) is 0.627. The number of rotatable bonds is 1. The highest BCUT2D eigenvalue weighted by Crippen LogP contribution is 2.25. The van der Waals surface area contributed by atoms with Gasteiger partial charge in [-0.25, -0.2) is 4.39 Å². The van der Waals surface area contributed by atoms with Gasteiger partial charge in [-0.15, -0.1) is 0 Å². The van der Waals surface area contributed by atoms with Gasteiger partial charge < -0.3 is 4.98 Å². The molecular formula is C14H10BrFN2S. The number of aromatic amines is 1.